The molecule has 0 N–H and O–H groups in total. The normalized spacial score (nSPS) is 38.1. The third kappa shape index (κ3) is 2.58. The van der Waals surface area contributed by atoms with E-state index in [2.05, 4.69) is 6.92 Å². The van der Waals surface area contributed by atoms with Gasteiger partial charge in [-0.2, -0.15) is 0 Å². The molecule has 2 aliphatic carbocycles. The molecule has 0 aromatic carbocycles. The summed E-state index contributed by atoms with van der Waals surface area (Å²) in [6.07, 6.45) is 8.71. The van der Waals surface area contributed by atoms with Gasteiger partial charge in [-0.15, -0.1) is 0 Å². The molecule has 16 heavy (non-hydrogen) atoms. The molecule has 0 unspecified atom stereocenters. The predicted molar refractivity (Wildman–Crippen MR) is 64.0 cm³/mol. The largest absolute Gasteiger partial charge is 0.466 e. The molecule has 2 nitrogen and oxygen atoms in total. The minimum Gasteiger partial charge on any atom is -0.466 e. The quantitative estimate of drug-likeness (QED) is 0.685. The molecule has 2 saturated carbocycles. The molecule has 0 saturated heterocycles. The van der Waals surface area contributed by atoms with Gasteiger partial charge in [-0.25, -0.2) is 0 Å². The van der Waals surface area contributed by atoms with Crippen LogP contribution in [0.3, 0.4) is 0 Å². The zero-order valence-corrected chi connectivity index (χ0v) is 10.6. The number of hydrogen-bond acceptors (Lipinski definition) is 2. The summed E-state index contributed by atoms with van der Waals surface area (Å²) in [5.41, 5.74) is 0.228. The van der Waals surface area contributed by atoms with Crippen LogP contribution in [0.5, 0.6) is 0 Å². The Labute approximate surface area is 98.7 Å². The monoisotopic (exact) mass is 224 g/mol. The van der Waals surface area contributed by atoms with E-state index < -0.39 is 0 Å². The van der Waals surface area contributed by atoms with Crippen LogP contribution >= 0.6 is 0 Å². The van der Waals surface area contributed by atoms with Crippen molar-refractivity contribution in [2.75, 3.05) is 6.61 Å². The number of esters is 1. The summed E-state index contributed by atoms with van der Waals surface area (Å²) < 4.78 is 5.08. The van der Waals surface area contributed by atoms with E-state index >= 15 is 0 Å². The third-order valence-corrected chi connectivity index (χ3v) is 4.45. The SMILES string of the molecule is CCOC(=O)C[C@]1(C)C[C@H]2CCCC[C@H]2C1. The molecule has 2 fully saturated rings. The van der Waals surface area contributed by atoms with Crippen molar-refractivity contribution in [1.82, 2.24) is 0 Å². The summed E-state index contributed by atoms with van der Waals surface area (Å²) in [7, 11) is 0. The molecule has 3 atom stereocenters. The molecule has 2 rings (SSSR count). The van der Waals surface area contributed by atoms with Gasteiger partial charge in [0.15, 0.2) is 0 Å². The van der Waals surface area contributed by atoms with Crippen LogP contribution in [0.1, 0.15) is 58.8 Å². The van der Waals surface area contributed by atoms with Crippen LogP contribution < -0.4 is 0 Å². The zero-order chi connectivity index (χ0) is 11.6. The van der Waals surface area contributed by atoms with Crippen molar-refractivity contribution in [2.24, 2.45) is 17.3 Å². The standard InChI is InChI=1S/C14H24O2/c1-3-16-13(15)10-14(2)8-11-6-4-5-7-12(11)9-14/h11-12H,3-10H2,1-2H3/t11-,12+,14-. The first kappa shape index (κ1) is 11.9. The molecule has 0 amide bonds. The second-order valence-electron chi connectivity index (χ2n) is 6.01. The van der Waals surface area contributed by atoms with Gasteiger partial charge in [0.1, 0.15) is 0 Å². The molecule has 2 aliphatic rings. The van der Waals surface area contributed by atoms with E-state index in [4.69, 9.17) is 4.74 Å². The lowest BCUT2D eigenvalue weighted by molar-refractivity contribution is -0.145. The van der Waals surface area contributed by atoms with E-state index in [-0.39, 0.29) is 11.4 Å². The Bertz CT molecular complexity index is 245. The second-order valence-corrected chi connectivity index (χ2v) is 6.01. The Morgan fingerprint density at radius 1 is 1.25 bits per heavy atom. The van der Waals surface area contributed by atoms with Gasteiger partial charge in [0.2, 0.25) is 0 Å². The van der Waals surface area contributed by atoms with E-state index in [1.807, 2.05) is 6.92 Å². The van der Waals surface area contributed by atoms with Crippen molar-refractivity contribution >= 4 is 5.97 Å². The van der Waals surface area contributed by atoms with Gasteiger partial charge in [-0.05, 0) is 37.0 Å². The van der Waals surface area contributed by atoms with Crippen molar-refractivity contribution in [3.05, 3.63) is 0 Å². The Kier molecular flexibility index (Phi) is 3.56. The zero-order valence-electron chi connectivity index (χ0n) is 10.6. The van der Waals surface area contributed by atoms with Crippen LogP contribution in [0.25, 0.3) is 0 Å². The summed E-state index contributed by atoms with van der Waals surface area (Å²) in [6, 6.07) is 0. The maximum atomic E-state index is 11.6. The van der Waals surface area contributed by atoms with Gasteiger partial charge >= 0.3 is 5.97 Å². The van der Waals surface area contributed by atoms with Crippen LogP contribution in [-0.2, 0) is 9.53 Å². The predicted octanol–water partition coefficient (Wildman–Crippen LogP) is 3.55. The molecular formula is C14H24O2. The Morgan fingerprint density at radius 2 is 1.81 bits per heavy atom. The lowest BCUT2D eigenvalue weighted by atomic mass is 9.82. The van der Waals surface area contributed by atoms with Crippen LogP contribution in [0.15, 0.2) is 0 Å². The number of hydrogen-bond donors (Lipinski definition) is 0. The van der Waals surface area contributed by atoms with E-state index in [0.717, 1.165) is 11.8 Å². The van der Waals surface area contributed by atoms with Gasteiger partial charge < -0.3 is 4.74 Å². The fourth-order valence-electron chi connectivity index (χ4n) is 3.88. The maximum absolute atomic E-state index is 11.6. The Morgan fingerprint density at radius 3 is 2.31 bits per heavy atom. The summed E-state index contributed by atoms with van der Waals surface area (Å²) in [6.45, 7) is 4.68. The highest BCUT2D eigenvalue weighted by Gasteiger charge is 2.43. The first-order chi connectivity index (χ1) is 7.63. The van der Waals surface area contributed by atoms with Crippen LogP contribution in [0, 0.1) is 17.3 Å². The summed E-state index contributed by atoms with van der Waals surface area (Å²) in [5, 5.41) is 0. The molecule has 0 aliphatic heterocycles. The molecule has 0 spiro atoms. The van der Waals surface area contributed by atoms with Crippen molar-refractivity contribution < 1.29 is 9.53 Å². The fourth-order valence-corrected chi connectivity index (χ4v) is 3.88. The molecular weight excluding hydrogens is 200 g/mol. The average Bonchev–Trinajstić information content (AvgIpc) is 2.53. The lowest BCUT2D eigenvalue weighted by Gasteiger charge is -2.24. The second kappa shape index (κ2) is 4.77. The summed E-state index contributed by atoms with van der Waals surface area (Å²) >= 11 is 0. The number of carbonyl (C=O) groups is 1. The number of fused-ring (bicyclic) bond motifs is 1. The van der Waals surface area contributed by atoms with Crippen LogP contribution in [0.4, 0.5) is 0 Å². The van der Waals surface area contributed by atoms with Gasteiger partial charge in [-0.3, -0.25) is 4.79 Å². The van der Waals surface area contributed by atoms with E-state index in [1.54, 1.807) is 0 Å². The van der Waals surface area contributed by atoms with Crippen molar-refractivity contribution in [2.45, 2.75) is 58.8 Å². The van der Waals surface area contributed by atoms with E-state index in [9.17, 15) is 4.79 Å². The molecule has 0 heterocycles. The highest BCUT2D eigenvalue weighted by Crippen LogP contribution is 2.52. The lowest BCUT2D eigenvalue weighted by Crippen LogP contribution is -2.19. The van der Waals surface area contributed by atoms with Crippen molar-refractivity contribution in [3.63, 3.8) is 0 Å². The topological polar surface area (TPSA) is 26.3 Å². The Hall–Kier alpha value is -0.530. The van der Waals surface area contributed by atoms with Crippen molar-refractivity contribution in [3.8, 4) is 0 Å². The molecule has 0 aromatic rings. The first-order valence-electron chi connectivity index (χ1n) is 6.78. The number of rotatable bonds is 3. The van der Waals surface area contributed by atoms with Crippen molar-refractivity contribution in [1.29, 1.82) is 0 Å². The average molecular weight is 224 g/mol. The summed E-state index contributed by atoms with van der Waals surface area (Å²) in [4.78, 5) is 11.6. The number of ether oxygens (including phenoxy) is 1. The van der Waals surface area contributed by atoms with Crippen LogP contribution in [0.2, 0.25) is 0 Å². The highest BCUT2D eigenvalue weighted by molar-refractivity contribution is 5.70. The smallest absolute Gasteiger partial charge is 0.306 e. The van der Waals surface area contributed by atoms with E-state index in [0.29, 0.717) is 13.0 Å². The van der Waals surface area contributed by atoms with Gasteiger partial charge in [0.05, 0.1) is 13.0 Å². The number of carbonyl (C=O) groups excluding carboxylic acids is 1. The Balaban J connectivity index is 1.91. The first-order valence-corrected chi connectivity index (χ1v) is 6.78. The fraction of sp³-hybridized carbons (Fsp3) is 0.929. The van der Waals surface area contributed by atoms with Gasteiger partial charge in [0, 0.05) is 0 Å². The molecule has 0 radical (unpaired) electrons. The maximum Gasteiger partial charge on any atom is 0.306 e. The minimum absolute atomic E-state index is 0.00338. The molecule has 2 heteroatoms. The van der Waals surface area contributed by atoms with Gasteiger partial charge in [-0.1, -0.05) is 32.6 Å². The minimum atomic E-state index is 0.00338. The highest BCUT2D eigenvalue weighted by atomic mass is 16.5. The van der Waals surface area contributed by atoms with E-state index in [1.165, 1.54) is 38.5 Å². The van der Waals surface area contributed by atoms with Gasteiger partial charge in [0.25, 0.3) is 0 Å². The molecule has 92 valence electrons. The van der Waals surface area contributed by atoms with Crippen LogP contribution in [-0.4, -0.2) is 12.6 Å². The summed E-state index contributed by atoms with van der Waals surface area (Å²) in [5.74, 6) is 1.80. The molecule has 0 bridgehead atoms. The molecule has 0 aromatic heterocycles. The third-order valence-electron chi connectivity index (χ3n) is 4.45.